The van der Waals surface area contributed by atoms with Gasteiger partial charge in [-0.1, -0.05) is 47.5 Å². The topological polar surface area (TPSA) is 20.2 Å². The Labute approximate surface area is 133 Å². The molecule has 1 saturated carbocycles. The van der Waals surface area contributed by atoms with Gasteiger partial charge >= 0.3 is 0 Å². The lowest BCUT2D eigenvalue weighted by molar-refractivity contribution is -0.124. The monoisotopic (exact) mass is 324 g/mol. The second-order valence-electron chi connectivity index (χ2n) is 5.54. The minimum atomic E-state index is -1.68. The van der Waals surface area contributed by atoms with Gasteiger partial charge < -0.3 is 5.11 Å². The Morgan fingerprint density at radius 3 is 1.52 bits per heavy atom. The molecular weight excluding hydrogens is 310 g/mol. The summed E-state index contributed by atoms with van der Waals surface area (Å²) >= 11 is 11.8. The van der Waals surface area contributed by atoms with E-state index < -0.39 is 11.3 Å². The smallest absolute Gasteiger partial charge is 0.148 e. The van der Waals surface area contributed by atoms with Gasteiger partial charge in [-0.3, -0.25) is 0 Å². The highest BCUT2D eigenvalue weighted by atomic mass is 35.5. The van der Waals surface area contributed by atoms with Gasteiger partial charge in [0.1, 0.15) is 11.3 Å². The van der Waals surface area contributed by atoms with E-state index >= 15 is 4.39 Å². The van der Waals surface area contributed by atoms with Crippen molar-refractivity contribution < 1.29 is 9.50 Å². The summed E-state index contributed by atoms with van der Waals surface area (Å²) in [6, 6.07) is 13.4. The van der Waals surface area contributed by atoms with E-state index in [0.29, 0.717) is 34.0 Å². The molecular formula is C17H15Cl2FO. The van der Waals surface area contributed by atoms with E-state index in [1.54, 1.807) is 48.5 Å². The zero-order chi connectivity index (χ0) is 15.1. The molecule has 0 aliphatic heterocycles. The van der Waals surface area contributed by atoms with Crippen LogP contribution in [0.4, 0.5) is 4.39 Å². The van der Waals surface area contributed by atoms with Crippen LogP contribution in [0.2, 0.25) is 10.0 Å². The third kappa shape index (κ3) is 2.36. The molecule has 0 amide bonds. The lowest BCUT2D eigenvalue weighted by atomic mass is 9.64. The molecule has 0 radical (unpaired) electrons. The lowest BCUT2D eigenvalue weighted by Crippen LogP contribution is -2.53. The second-order valence-corrected chi connectivity index (χ2v) is 6.42. The maximum atomic E-state index is 15.2. The zero-order valence-electron chi connectivity index (χ0n) is 11.3. The van der Waals surface area contributed by atoms with Gasteiger partial charge in [-0.05, 0) is 54.7 Å². The van der Waals surface area contributed by atoms with Gasteiger partial charge in [0.25, 0.3) is 0 Å². The summed E-state index contributed by atoms with van der Waals surface area (Å²) < 4.78 is 15.2. The summed E-state index contributed by atoms with van der Waals surface area (Å²) in [6.07, 6.45) is 1.46. The molecule has 1 aliphatic rings. The van der Waals surface area contributed by atoms with Crippen LogP contribution >= 0.6 is 23.2 Å². The van der Waals surface area contributed by atoms with Gasteiger partial charge in [0.05, 0.1) is 0 Å². The summed E-state index contributed by atoms with van der Waals surface area (Å²) in [5, 5.41) is 12.4. The molecule has 110 valence electrons. The van der Waals surface area contributed by atoms with Crippen molar-refractivity contribution in [2.24, 2.45) is 0 Å². The van der Waals surface area contributed by atoms with E-state index in [4.69, 9.17) is 23.2 Å². The van der Waals surface area contributed by atoms with Crippen LogP contribution in [0, 0.1) is 0 Å². The third-order valence-corrected chi connectivity index (χ3v) is 4.82. The predicted molar refractivity (Wildman–Crippen MR) is 83.6 cm³/mol. The minimum Gasteiger partial charge on any atom is -0.377 e. The molecule has 0 atom stereocenters. The largest absolute Gasteiger partial charge is 0.377 e. The molecule has 1 aliphatic carbocycles. The van der Waals surface area contributed by atoms with Gasteiger partial charge in [0.2, 0.25) is 0 Å². The van der Waals surface area contributed by atoms with Crippen molar-refractivity contribution in [3.05, 3.63) is 69.7 Å². The van der Waals surface area contributed by atoms with E-state index in [0.717, 1.165) is 6.42 Å². The first-order chi connectivity index (χ1) is 9.96. The number of benzene rings is 2. The fraction of sp³-hybridized carbons (Fsp3) is 0.294. The Morgan fingerprint density at radius 2 is 1.24 bits per heavy atom. The van der Waals surface area contributed by atoms with Crippen molar-refractivity contribution in [2.45, 2.75) is 30.5 Å². The van der Waals surface area contributed by atoms with Crippen LogP contribution in [-0.4, -0.2) is 10.8 Å². The fourth-order valence-electron chi connectivity index (χ4n) is 2.92. The van der Waals surface area contributed by atoms with Crippen LogP contribution < -0.4 is 0 Å². The highest BCUT2D eigenvalue weighted by Crippen LogP contribution is 2.52. The Kier molecular flexibility index (Phi) is 3.73. The van der Waals surface area contributed by atoms with Crippen LogP contribution in [0.5, 0.6) is 0 Å². The van der Waals surface area contributed by atoms with Crippen molar-refractivity contribution in [1.82, 2.24) is 0 Å². The molecule has 1 fully saturated rings. The van der Waals surface area contributed by atoms with E-state index in [-0.39, 0.29) is 0 Å². The molecule has 0 aromatic heterocycles. The van der Waals surface area contributed by atoms with Crippen LogP contribution in [0.1, 0.15) is 30.4 Å². The molecule has 4 heteroatoms. The maximum Gasteiger partial charge on any atom is 0.148 e. The molecule has 2 aromatic rings. The molecule has 1 N–H and O–H groups in total. The van der Waals surface area contributed by atoms with E-state index in [1.807, 2.05) is 0 Å². The van der Waals surface area contributed by atoms with Crippen LogP contribution in [0.25, 0.3) is 0 Å². The lowest BCUT2D eigenvalue weighted by Gasteiger charge is -2.47. The first-order valence-electron chi connectivity index (χ1n) is 6.89. The van der Waals surface area contributed by atoms with Crippen LogP contribution in [-0.2, 0) is 5.60 Å². The van der Waals surface area contributed by atoms with Crippen molar-refractivity contribution in [2.75, 3.05) is 0 Å². The molecule has 21 heavy (non-hydrogen) atoms. The molecule has 0 bridgehead atoms. The van der Waals surface area contributed by atoms with Crippen molar-refractivity contribution in [3.8, 4) is 0 Å². The van der Waals surface area contributed by atoms with Gasteiger partial charge in [0.15, 0.2) is 0 Å². The Bertz CT molecular complexity index is 587. The Morgan fingerprint density at radius 1 is 0.857 bits per heavy atom. The molecule has 0 heterocycles. The average molecular weight is 325 g/mol. The first-order valence-corrected chi connectivity index (χ1v) is 7.65. The maximum absolute atomic E-state index is 15.2. The van der Waals surface area contributed by atoms with Gasteiger partial charge in [-0.2, -0.15) is 0 Å². The molecule has 0 spiro atoms. The summed E-state index contributed by atoms with van der Waals surface area (Å²) in [7, 11) is 0. The number of aliphatic hydroxyl groups is 1. The SMILES string of the molecule is OC(c1ccc(Cl)cc1)(c1ccc(Cl)cc1)C1(F)CCC1. The molecule has 3 rings (SSSR count). The van der Waals surface area contributed by atoms with Crippen molar-refractivity contribution in [3.63, 3.8) is 0 Å². The second kappa shape index (κ2) is 5.28. The zero-order valence-corrected chi connectivity index (χ0v) is 12.8. The predicted octanol–water partition coefficient (Wildman–Crippen LogP) is 5.12. The molecule has 1 nitrogen and oxygen atoms in total. The summed E-state index contributed by atoms with van der Waals surface area (Å²) in [4.78, 5) is 0. The first kappa shape index (κ1) is 14.8. The molecule has 0 saturated heterocycles. The van der Waals surface area contributed by atoms with Gasteiger partial charge in [-0.25, -0.2) is 4.39 Å². The summed E-state index contributed by atoms with van der Waals surface area (Å²) in [5.41, 5.74) is -2.32. The quantitative estimate of drug-likeness (QED) is 0.830. The van der Waals surface area contributed by atoms with E-state index in [2.05, 4.69) is 0 Å². The number of alkyl halides is 1. The minimum absolute atomic E-state index is 0.342. The van der Waals surface area contributed by atoms with Gasteiger partial charge in [0, 0.05) is 10.0 Å². The van der Waals surface area contributed by atoms with Crippen molar-refractivity contribution in [1.29, 1.82) is 0 Å². The summed E-state index contributed by atoms with van der Waals surface area (Å²) in [5.74, 6) is 0. The Hall–Kier alpha value is -1.09. The third-order valence-electron chi connectivity index (χ3n) is 4.32. The van der Waals surface area contributed by atoms with Crippen LogP contribution in [0.3, 0.4) is 0 Å². The van der Waals surface area contributed by atoms with Gasteiger partial charge in [-0.15, -0.1) is 0 Å². The Balaban J connectivity index is 2.15. The fourth-order valence-corrected chi connectivity index (χ4v) is 3.17. The summed E-state index contributed by atoms with van der Waals surface area (Å²) in [6.45, 7) is 0. The number of rotatable bonds is 3. The standard InChI is InChI=1S/C17H15Cl2FO/c18-14-6-2-12(3-7-14)17(21,16(20)10-1-11-16)13-4-8-15(19)9-5-13/h2-9,21H,1,10-11H2. The number of halogens is 3. The molecule has 0 unspecified atom stereocenters. The van der Waals surface area contributed by atoms with Crippen LogP contribution in [0.15, 0.2) is 48.5 Å². The molecule has 2 aromatic carbocycles. The van der Waals surface area contributed by atoms with E-state index in [1.165, 1.54) is 0 Å². The number of hydrogen-bond donors (Lipinski definition) is 1. The number of hydrogen-bond acceptors (Lipinski definition) is 1. The van der Waals surface area contributed by atoms with Crippen molar-refractivity contribution >= 4 is 23.2 Å². The highest BCUT2D eigenvalue weighted by Gasteiger charge is 2.57. The average Bonchev–Trinajstić information content (AvgIpc) is 2.45. The highest BCUT2D eigenvalue weighted by molar-refractivity contribution is 6.30. The normalized spacial score (nSPS) is 17.3. The van der Waals surface area contributed by atoms with E-state index in [9.17, 15) is 5.11 Å².